The average molecular weight is 255 g/mol. The van der Waals surface area contributed by atoms with Crippen molar-refractivity contribution in [3.05, 3.63) is 59.4 Å². The third-order valence-corrected chi connectivity index (χ3v) is 3.27. The molecule has 2 heterocycles. The Hall–Kier alpha value is -1.93. The number of aryl methyl sites for hydroxylation is 1. The summed E-state index contributed by atoms with van der Waals surface area (Å²) in [6, 6.07) is 14.1. The summed E-state index contributed by atoms with van der Waals surface area (Å²) >= 11 is 6.26. The summed E-state index contributed by atoms with van der Waals surface area (Å²) < 4.78 is 0. The van der Waals surface area contributed by atoms with Gasteiger partial charge in [0, 0.05) is 17.1 Å². The lowest BCUT2D eigenvalue weighted by Crippen LogP contribution is -1.89. The monoisotopic (exact) mass is 254 g/mol. The first-order valence-electron chi connectivity index (χ1n) is 5.73. The molecule has 0 saturated heterocycles. The van der Waals surface area contributed by atoms with Crippen LogP contribution in [0.1, 0.15) is 5.56 Å². The summed E-state index contributed by atoms with van der Waals surface area (Å²) in [4.78, 5) is 8.55. The molecule has 0 atom stereocenters. The molecule has 0 aliphatic rings. The lowest BCUT2D eigenvalue weighted by Gasteiger charge is -2.08. The molecule has 0 spiro atoms. The molecule has 0 unspecified atom stereocenters. The standard InChI is InChI=1S/C15H11ClN2/c1-10-5-2-3-7-12(10)13-9-11-6-4-8-17-15(11)18-14(13)16/h2-9H,1H3. The molecule has 3 heteroatoms. The van der Waals surface area contributed by atoms with E-state index < -0.39 is 0 Å². The molecular weight excluding hydrogens is 244 g/mol. The second kappa shape index (κ2) is 4.39. The molecule has 18 heavy (non-hydrogen) atoms. The molecule has 0 amide bonds. The predicted octanol–water partition coefficient (Wildman–Crippen LogP) is 4.26. The Morgan fingerprint density at radius 3 is 2.67 bits per heavy atom. The Morgan fingerprint density at radius 2 is 1.83 bits per heavy atom. The predicted molar refractivity (Wildman–Crippen MR) is 74.7 cm³/mol. The first kappa shape index (κ1) is 11.2. The molecule has 0 aliphatic heterocycles. The number of pyridine rings is 2. The zero-order chi connectivity index (χ0) is 12.5. The Labute approximate surface area is 110 Å². The normalized spacial score (nSPS) is 10.8. The zero-order valence-electron chi connectivity index (χ0n) is 9.89. The molecule has 2 nitrogen and oxygen atoms in total. The lowest BCUT2D eigenvalue weighted by atomic mass is 10.0. The molecule has 1 aromatic carbocycles. The summed E-state index contributed by atoms with van der Waals surface area (Å²) in [6.07, 6.45) is 1.72. The maximum Gasteiger partial charge on any atom is 0.160 e. The molecule has 0 saturated carbocycles. The van der Waals surface area contributed by atoms with Gasteiger partial charge < -0.3 is 0 Å². The van der Waals surface area contributed by atoms with E-state index in [1.807, 2.05) is 30.3 Å². The highest BCUT2D eigenvalue weighted by Gasteiger charge is 2.09. The first-order chi connectivity index (χ1) is 8.75. The van der Waals surface area contributed by atoms with Gasteiger partial charge in [-0.3, -0.25) is 0 Å². The molecule has 3 aromatic rings. The minimum Gasteiger partial charge on any atom is -0.237 e. The van der Waals surface area contributed by atoms with Gasteiger partial charge in [0.2, 0.25) is 0 Å². The maximum absolute atomic E-state index is 6.26. The van der Waals surface area contributed by atoms with Crippen LogP contribution in [0.15, 0.2) is 48.7 Å². The van der Waals surface area contributed by atoms with Gasteiger partial charge >= 0.3 is 0 Å². The van der Waals surface area contributed by atoms with Crippen LogP contribution >= 0.6 is 11.6 Å². The number of rotatable bonds is 1. The second-order valence-corrected chi connectivity index (χ2v) is 4.55. The van der Waals surface area contributed by atoms with Crippen LogP contribution in [0.4, 0.5) is 0 Å². The second-order valence-electron chi connectivity index (χ2n) is 4.19. The van der Waals surface area contributed by atoms with Crippen LogP contribution in [0.25, 0.3) is 22.2 Å². The average Bonchev–Trinajstić information content (AvgIpc) is 2.39. The van der Waals surface area contributed by atoms with Crippen molar-refractivity contribution < 1.29 is 0 Å². The smallest absolute Gasteiger partial charge is 0.160 e. The highest BCUT2D eigenvalue weighted by Crippen LogP contribution is 2.31. The Balaban J connectivity index is 2.30. The van der Waals surface area contributed by atoms with E-state index in [1.54, 1.807) is 6.20 Å². The zero-order valence-corrected chi connectivity index (χ0v) is 10.6. The fraction of sp³-hybridized carbons (Fsp3) is 0.0667. The van der Waals surface area contributed by atoms with Crippen molar-refractivity contribution in [2.75, 3.05) is 0 Å². The van der Waals surface area contributed by atoms with E-state index >= 15 is 0 Å². The van der Waals surface area contributed by atoms with Crippen LogP contribution in [-0.4, -0.2) is 9.97 Å². The molecule has 0 bridgehead atoms. The first-order valence-corrected chi connectivity index (χ1v) is 6.11. The van der Waals surface area contributed by atoms with Crippen molar-refractivity contribution in [2.24, 2.45) is 0 Å². The van der Waals surface area contributed by atoms with E-state index in [1.165, 1.54) is 5.56 Å². The van der Waals surface area contributed by atoms with Crippen molar-refractivity contribution in [2.45, 2.75) is 6.92 Å². The number of halogens is 1. The lowest BCUT2D eigenvalue weighted by molar-refractivity contribution is 1.28. The molecule has 2 aromatic heterocycles. The highest BCUT2D eigenvalue weighted by molar-refractivity contribution is 6.32. The van der Waals surface area contributed by atoms with E-state index in [0.29, 0.717) is 10.8 Å². The summed E-state index contributed by atoms with van der Waals surface area (Å²) in [7, 11) is 0. The van der Waals surface area contributed by atoms with Crippen molar-refractivity contribution in [3.8, 4) is 11.1 Å². The largest absolute Gasteiger partial charge is 0.237 e. The van der Waals surface area contributed by atoms with Gasteiger partial charge in [0.25, 0.3) is 0 Å². The number of benzene rings is 1. The minimum absolute atomic E-state index is 0.496. The summed E-state index contributed by atoms with van der Waals surface area (Å²) in [5.74, 6) is 0. The van der Waals surface area contributed by atoms with Crippen LogP contribution in [-0.2, 0) is 0 Å². The Morgan fingerprint density at radius 1 is 1.00 bits per heavy atom. The van der Waals surface area contributed by atoms with Crippen LogP contribution in [0.3, 0.4) is 0 Å². The Kier molecular flexibility index (Phi) is 2.73. The molecule has 88 valence electrons. The van der Waals surface area contributed by atoms with Gasteiger partial charge in [-0.2, -0.15) is 0 Å². The number of aromatic nitrogens is 2. The van der Waals surface area contributed by atoms with Gasteiger partial charge in [-0.1, -0.05) is 35.9 Å². The van der Waals surface area contributed by atoms with E-state index in [9.17, 15) is 0 Å². The van der Waals surface area contributed by atoms with Crippen LogP contribution in [0, 0.1) is 6.92 Å². The molecule has 3 rings (SSSR count). The number of fused-ring (bicyclic) bond motifs is 1. The SMILES string of the molecule is Cc1ccccc1-c1cc2cccnc2nc1Cl. The number of hydrogen-bond donors (Lipinski definition) is 0. The summed E-state index contributed by atoms with van der Waals surface area (Å²) in [6.45, 7) is 2.07. The van der Waals surface area contributed by atoms with Crippen LogP contribution < -0.4 is 0 Å². The summed E-state index contributed by atoms with van der Waals surface area (Å²) in [5, 5.41) is 1.50. The maximum atomic E-state index is 6.26. The van der Waals surface area contributed by atoms with Crippen LogP contribution in [0.5, 0.6) is 0 Å². The molecular formula is C15H11ClN2. The minimum atomic E-state index is 0.496. The third-order valence-electron chi connectivity index (χ3n) is 2.98. The van der Waals surface area contributed by atoms with Crippen molar-refractivity contribution >= 4 is 22.6 Å². The van der Waals surface area contributed by atoms with Gasteiger partial charge in [0.05, 0.1) is 0 Å². The van der Waals surface area contributed by atoms with Gasteiger partial charge in [-0.15, -0.1) is 0 Å². The Bertz CT molecular complexity index is 723. The third kappa shape index (κ3) is 1.85. The topological polar surface area (TPSA) is 25.8 Å². The number of hydrogen-bond acceptors (Lipinski definition) is 2. The van der Waals surface area contributed by atoms with Gasteiger partial charge in [-0.05, 0) is 36.2 Å². The van der Waals surface area contributed by atoms with Gasteiger partial charge in [0.1, 0.15) is 5.15 Å². The highest BCUT2D eigenvalue weighted by atomic mass is 35.5. The molecule has 0 N–H and O–H groups in total. The van der Waals surface area contributed by atoms with E-state index in [0.717, 1.165) is 16.5 Å². The van der Waals surface area contributed by atoms with E-state index in [2.05, 4.69) is 29.0 Å². The van der Waals surface area contributed by atoms with E-state index in [4.69, 9.17) is 11.6 Å². The molecule has 0 radical (unpaired) electrons. The molecule has 0 fully saturated rings. The van der Waals surface area contributed by atoms with Crippen molar-refractivity contribution in [1.29, 1.82) is 0 Å². The molecule has 0 aliphatic carbocycles. The van der Waals surface area contributed by atoms with Crippen molar-refractivity contribution in [1.82, 2.24) is 9.97 Å². The number of nitrogens with zero attached hydrogens (tertiary/aromatic N) is 2. The van der Waals surface area contributed by atoms with Gasteiger partial charge in [0.15, 0.2) is 5.65 Å². The quantitative estimate of drug-likeness (QED) is 0.607. The van der Waals surface area contributed by atoms with Crippen LogP contribution in [0.2, 0.25) is 5.15 Å². The summed E-state index contributed by atoms with van der Waals surface area (Å²) in [5.41, 5.74) is 3.93. The fourth-order valence-electron chi connectivity index (χ4n) is 2.05. The fourth-order valence-corrected chi connectivity index (χ4v) is 2.28. The van der Waals surface area contributed by atoms with E-state index in [-0.39, 0.29) is 0 Å². The van der Waals surface area contributed by atoms with Crippen molar-refractivity contribution in [3.63, 3.8) is 0 Å². The van der Waals surface area contributed by atoms with Gasteiger partial charge in [-0.25, -0.2) is 9.97 Å².